The highest BCUT2D eigenvalue weighted by Gasteiger charge is 2.26. The molecule has 5 heteroatoms. The molecule has 2 rings (SSSR count). The number of hydrogen-bond donors (Lipinski definition) is 1. The van der Waals surface area contributed by atoms with Crippen LogP contribution < -0.4 is 11.1 Å². The van der Waals surface area contributed by atoms with Crippen molar-refractivity contribution < 1.29 is 5.11 Å². The Kier molecular flexibility index (Phi) is 1.63. The standard InChI is InChI=1S/C8H10N2O3/c1-5-4-8(13)10-7(12)3-2-6(11)9(5)10/h2-3,5,8,13H,4H2,1H3. The number of rotatable bonds is 0. The summed E-state index contributed by atoms with van der Waals surface area (Å²) < 4.78 is 2.40. The van der Waals surface area contributed by atoms with Gasteiger partial charge in [0.05, 0.1) is 6.04 Å². The number of nitrogens with zero attached hydrogens (tertiary/aromatic N) is 2. The van der Waals surface area contributed by atoms with Crippen LogP contribution >= 0.6 is 0 Å². The van der Waals surface area contributed by atoms with E-state index >= 15 is 0 Å². The maximum Gasteiger partial charge on any atom is 0.267 e. The summed E-state index contributed by atoms with van der Waals surface area (Å²) in [6.45, 7) is 1.80. The van der Waals surface area contributed by atoms with E-state index in [1.165, 1.54) is 16.8 Å². The Labute approximate surface area is 73.8 Å². The van der Waals surface area contributed by atoms with Crippen LogP contribution in [0, 0.1) is 0 Å². The van der Waals surface area contributed by atoms with Gasteiger partial charge in [-0.3, -0.25) is 9.59 Å². The molecule has 70 valence electrons. The lowest BCUT2D eigenvalue weighted by atomic mass is 10.2. The molecule has 5 nitrogen and oxygen atoms in total. The molecule has 0 amide bonds. The van der Waals surface area contributed by atoms with Crippen LogP contribution in [0.5, 0.6) is 0 Å². The molecule has 1 N–H and O–H groups in total. The highest BCUT2D eigenvalue weighted by molar-refractivity contribution is 4.93. The SMILES string of the molecule is CC1CC(O)n2c(=O)ccc(=O)n21. The van der Waals surface area contributed by atoms with Crippen molar-refractivity contribution in [2.45, 2.75) is 25.6 Å². The second-order valence-corrected chi connectivity index (χ2v) is 3.26. The number of aromatic nitrogens is 2. The van der Waals surface area contributed by atoms with Crippen LogP contribution in [0.2, 0.25) is 0 Å². The van der Waals surface area contributed by atoms with E-state index in [2.05, 4.69) is 0 Å². The molecule has 0 saturated heterocycles. The first-order chi connectivity index (χ1) is 6.11. The van der Waals surface area contributed by atoms with Gasteiger partial charge in [-0.1, -0.05) is 0 Å². The van der Waals surface area contributed by atoms with E-state index in [-0.39, 0.29) is 17.2 Å². The fourth-order valence-corrected chi connectivity index (χ4v) is 1.73. The summed E-state index contributed by atoms with van der Waals surface area (Å²) in [6.07, 6.45) is -0.449. The van der Waals surface area contributed by atoms with Gasteiger partial charge in [0.1, 0.15) is 0 Å². The summed E-state index contributed by atoms with van der Waals surface area (Å²) in [5, 5.41) is 9.46. The minimum Gasteiger partial charge on any atom is -0.372 e. The molecule has 2 unspecified atom stereocenters. The van der Waals surface area contributed by atoms with E-state index in [1.807, 2.05) is 0 Å². The third-order valence-electron chi connectivity index (χ3n) is 2.30. The van der Waals surface area contributed by atoms with Gasteiger partial charge in [-0.2, -0.15) is 0 Å². The summed E-state index contributed by atoms with van der Waals surface area (Å²) >= 11 is 0. The van der Waals surface area contributed by atoms with Crippen LogP contribution in [0.1, 0.15) is 25.6 Å². The Bertz CT molecular complexity index is 404. The number of hydrogen-bond acceptors (Lipinski definition) is 3. The molecule has 13 heavy (non-hydrogen) atoms. The quantitative estimate of drug-likeness (QED) is 0.586. The van der Waals surface area contributed by atoms with E-state index in [4.69, 9.17) is 0 Å². The Hall–Kier alpha value is -1.36. The molecule has 0 saturated carbocycles. The monoisotopic (exact) mass is 182 g/mol. The van der Waals surface area contributed by atoms with E-state index in [0.717, 1.165) is 4.68 Å². The van der Waals surface area contributed by atoms with Crippen molar-refractivity contribution in [3.8, 4) is 0 Å². The predicted octanol–water partition coefficient (Wildman–Crippen LogP) is -0.534. The summed E-state index contributed by atoms with van der Waals surface area (Å²) in [5.74, 6) is 0. The lowest BCUT2D eigenvalue weighted by Crippen LogP contribution is -2.35. The number of fused-ring (bicyclic) bond motifs is 1. The second kappa shape index (κ2) is 2.56. The highest BCUT2D eigenvalue weighted by atomic mass is 16.3. The third-order valence-corrected chi connectivity index (χ3v) is 2.30. The van der Waals surface area contributed by atoms with Gasteiger partial charge in [-0.15, -0.1) is 0 Å². The van der Waals surface area contributed by atoms with Gasteiger partial charge in [0.2, 0.25) is 0 Å². The molecule has 2 heterocycles. The van der Waals surface area contributed by atoms with Crippen LogP contribution in [0.3, 0.4) is 0 Å². The minimum atomic E-state index is -0.864. The Morgan fingerprint density at radius 3 is 2.38 bits per heavy atom. The normalized spacial score (nSPS) is 26.0. The Morgan fingerprint density at radius 2 is 1.85 bits per heavy atom. The molecular formula is C8H10N2O3. The van der Waals surface area contributed by atoms with Crippen molar-refractivity contribution in [2.24, 2.45) is 0 Å². The molecule has 0 aromatic carbocycles. The van der Waals surface area contributed by atoms with Gasteiger partial charge < -0.3 is 5.11 Å². The van der Waals surface area contributed by atoms with Crippen molar-refractivity contribution in [1.29, 1.82) is 0 Å². The average molecular weight is 182 g/mol. The van der Waals surface area contributed by atoms with Crippen molar-refractivity contribution in [2.75, 3.05) is 0 Å². The average Bonchev–Trinajstić information content (AvgIpc) is 2.36. The lowest BCUT2D eigenvalue weighted by molar-refractivity contribution is 0.100. The summed E-state index contributed by atoms with van der Waals surface area (Å²) in [6, 6.07) is 2.30. The predicted molar refractivity (Wildman–Crippen MR) is 45.5 cm³/mol. The van der Waals surface area contributed by atoms with Gasteiger partial charge in [-0.05, 0) is 6.92 Å². The van der Waals surface area contributed by atoms with E-state index < -0.39 is 6.23 Å². The maximum atomic E-state index is 11.3. The van der Waals surface area contributed by atoms with Gasteiger partial charge >= 0.3 is 0 Å². The molecule has 1 aromatic heterocycles. The Balaban J connectivity index is 2.82. The van der Waals surface area contributed by atoms with Gasteiger partial charge in [0, 0.05) is 18.6 Å². The topological polar surface area (TPSA) is 64.2 Å². The van der Waals surface area contributed by atoms with Crippen LogP contribution in [-0.2, 0) is 0 Å². The summed E-state index contributed by atoms with van der Waals surface area (Å²) in [4.78, 5) is 22.6. The zero-order valence-corrected chi connectivity index (χ0v) is 7.17. The molecule has 1 aliphatic heterocycles. The fourth-order valence-electron chi connectivity index (χ4n) is 1.73. The Morgan fingerprint density at radius 1 is 1.31 bits per heavy atom. The van der Waals surface area contributed by atoms with Crippen LogP contribution in [0.15, 0.2) is 21.7 Å². The molecule has 0 radical (unpaired) electrons. The first-order valence-corrected chi connectivity index (χ1v) is 4.13. The minimum absolute atomic E-state index is 0.114. The third kappa shape index (κ3) is 1.04. The highest BCUT2D eigenvalue weighted by Crippen LogP contribution is 2.23. The zero-order valence-electron chi connectivity index (χ0n) is 7.17. The van der Waals surface area contributed by atoms with Crippen LogP contribution in [-0.4, -0.2) is 14.5 Å². The second-order valence-electron chi connectivity index (χ2n) is 3.26. The lowest BCUT2D eigenvalue weighted by Gasteiger charge is -2.08. The first-order valence-electron chi connectivity index (χ1n) is 4.13. The summed E-state index contributed by atoms with van der Waals surface area (Å²) in [5.41, 5.74) is -0.583. The van der Waals surface area contributed by atoms with Crippen molar-refractivity contribution in [3.63, 3.8) is 0 Å². The van der Waals surface area contributed by atoms with Gasteiger partial charge in [0.15, 0.2) is 6.23 Å². The molecule has 1 aliphatic rings. The van der Waals surface area contributed by atoms with Crippen molar-refractivity contribution in [3.05, 3.63) is 32.8 Å². The molecule has 0 spiro atoms. The zero-order chi connectivity index (χ0) is 9.59. The van der Waals surface area contributed by atoms with Crippen LogP contribution in [0.4, 0.5) is 0 Å². The fraction of sp³-hybridized carbons (Fsp3) is 0.500. The van der Waals surface area contributed by atoms with Crippen LogP contribution in [0.25, 0.3) is 0 Å². The number of aliphatic hydroxyl groups excluding tert-OH is 1. The van der Waals surface area contributed by atoms with E-state index in [1.54, 1.807) is 6.92 Å². The van der Waals surface area contributed by atoms with Gasteiger partial charge in [-0.25, -0.2) is 9.36 Å². The van der Waals surface area contributed by atoms with E-state index in [9.17, 15) is 14.7 Å². The maximum absolute atomic E-state index is 11.3. The first kappa shape index (κ1) is 8.25. The van der Waals surface area contributed by atoms with E-state index in [0.29, 0.717) is 6.42 Å². The molecule has 0 bridgehead atoms. The molecular weight excluding hydrogens is 172 g/mol. The molecule has 0 fully saturated rings. The number of aliphatic hydroxyl groups is 1. The molecule has 0 aliphatic carbocycles. The van der Waals surface area contributed by atoms with Gasteiger partial charge in [0.25, 0.3) is 11.1 Å². The smallest absolute Gasteiger partial charge is 0.267 e. The van der Waals surface area contributed by atoms with Crippen molar-refractivity contribution >= 4 is 0 Å². The molecule has 2 atom stereocenters. The summed E-state index contributed by atoms with van der Waals surface area (Å²) in [7, 11) is 0. The largest absolute Gasteiger partial charge is 0.372 e. The molecule has 1 aromatic rings. The van der Waals surface area contributed by atoms with Crippen molar-refractivity contribution in [1.82, 2.24) is 9.36 Å².